The van der Waals surface area contributed by atoms with Gasteiger partial charge < -0.3 is 19.0 Å². The van der Waals surface area contributed by atoms with E-state index in [1.165, 1.54) is 39.5 Å². The van der Waals surface area contributed by atoms with Crippen LogP contribution in [0.5, 0.6) is 11.5 Å². The molecule has 0 aliphatic heterocycles. The Kier molecular flexibility index (Phi) is 27.1. The zero-order valence-electron chi connectivity index (χ0n) is 24.1. The molecule has 0 aliphatic rings. The van der Waals surface area contributed by atoms with E-state index in [1.807, 2.05) is 50.2 Å². The molecule has 2 rings (SSSR count). The van der Waals surface area contributed by atoms with Crippen LogP contribution in [-0.4, -0.2) is 32.6 Å². The Morgan fingerprint density at radius 1 is 0.714 bits per heavy atom. The number of carbonyl (C=O) groups excluding carboxylic acids is 2. The van der Waals surface area contributed by atoms with Gasteiger partial charge in [0.15, 0.2) is 0 Å². The molecule has 0 atom stereocenters. The van der Waals surface area contributed by atoms with E-state index in [0.29, 0.717) is 12.2 Å². The number of ether oxygens (including phenoxy) is 3. The van der Waals surface area contributed by atoms with Crippen LogP contribution in [0.1, 0.15) is 95.6 Å². The molecule has 0 saturated heterocycles. The van der Waals surface area contributed by atoms with Gasteiger partial charge >= 0.3 is 5.97 Å². The first-order chi connectivity index (χ1) is 16.6. The third-order valence-electron chi connectivity index (χ3n) is 4.26. The predicted molar refractivity (Wildman–Crippen MR) is 149 cm³/mol. The van der Waals surface area contributed by atoms with Crippen LogP contribution in [0.25, 0.3) is 0 Å². The number of hydrogen-bond acceptors (Lipinski definition) is 5. The molecule has 35 heavy (non-hydrogen) atoms. The molecule has 2 aromatic rings. The summed E-state index contributed by atoms with van der Waals surface area (Å²) in [6, 6.07) is 13.2. The topological polar surface area (TPSA) is 61.8 Å². The molecule has 2 aromatic carbocycles. The van der Waals surface area contributed by atoms with Crippen molar-refractivity contribution in [3.63, 3.8) is 0 Å². The first-order valence-corrected chi connectivity index (χ1v) is 12.5. The van der Waals surface area contributed by atoms with Crippen molar-refractivity contribution >= 4 is 11.8 Å². The van der Waals surface area contributed by atoms with Crippen molar-refractivity contribution in [2.45, 2.75) is 88.0 Å². The fourth-order valence-electron chi connectivity index (χ4n) is 1.94. The van der Waals surface area contributed by atoms with E-state index in [4.69, 9.17) is 14.2 Å². The van der Waals surface area contributed by atoms with Crippen LogP contribution in [0.2, 0.25) is 0 Å². The van der Waals surface area contributed by atoms with Crippen LogP contribution in [-0.2, 0) is 9.53 Å². The molecule has 200 valence electrons. The van der Waals surface area contributed by atoms with Gasteiger partial charge in [0, 0.05) is 6.07 Å². The predicted octanol–water partition coefficient (Wildman–Crippen LogP) is 8.39. The van der Waals surface area contributed by atoms with E-state index >= 15 is 0 Å². The van der Waals surface area contributed by atoms with Crippen LogP contribution in [0.4, 0.5) is 0 Å². The Labute approximate surface area is 215 Å². The number of aryl methyl sites for hydroxylation is 2. The summed E-state index contributed by atoms with van der Waals surface area (Å²) in [5.41, 5.74) is 2.73. The van der Waals surface area contributed by atoms with Gasteiger partial charge in [-0.2, -0.15) is 0 Å². The van der Waals surface area contributed by atoms with Crippen molar-refractivity contribution < 1.29 is 23.8 Å². The number of rotatable bonds is 6. The molecular weight excluding hydrogens is 440 g/mol. The molecule has 0 bridgehead atoms. The minimum atomic E-state index is -0.240. The SMILES string of the molecule is CC(C)=O.CCCC.CCCC.CCOC(=O)c1ccccc1C.COc1ccc(C)c(OC)c1. The lowest BCUT2D eigenvalue weighted by Gasteiger charge is -2.05. The van der Waals surface area contributed by atoms with Crippen LogP contribution in [0, 0.1) is 13.8 Å². The van der Waals surface area contributed by atoms with Crippen LogP contribution < -0.4 is 9.47 Å². The van der Waals surface area contributed by atoms with Gasteiger partial charge in [-0.15, -0.1) is 0 Å². The molecular formula is C30H50O5. The van der Waals surface area contributed by atoms with Gasteiger partial charge in [0.25, 0.3) is 0 Å². The summed E-state index contributed by atoms with van der Waals surface area (Å²) in [6.07, 6.45) is 5.28. The van der Waals surface area contributed by atoms with Crippen molar-refractivity contribution in [3.8, 4) is 11.5 Å². The highest BCUT2D eigenvalue weighted by atomic mass is 16.5. The number of hydrogen-bond donors (Lipinski definition) is 0. The smallest absolute Gasteiger partial charge is 0.338 e. The second-order valence-corrected chi connectivity index (χ2v) is 7.78. The maximum absolute atomic E-state index is 11.2. The molecule has 0 aliphatic carbocycles. The Bertz CT molecular complexity index is 772. The Morgan fingerprint density at radius 2 is 1.20 bits per heavy atom. The zero-order valence-corrected chi connectivity index (χ0v) is 24.1. The van der Waals surface area contributed by atoms with E-state index in [-0.39, 0.29) is 11.8 Å². The standard InChI is InChI=1S/C10H12O2.C9H12O2.2C4H10.C3H6O/c1-3-12-10(11)9-7-5-4-6-8(9)2;1-7-4-5-8(10-2)6-9(7)11-3;2*1-3-4-2;1-3(2)4/h4-7H,3H2,1-2H3;4-6H,1-3H3;2*3-4H2,1-2H3;1-2H3. The number of esters is 1. The van der Waals surface area contributed by atoms with Crippen molar-refractivity contribution in [2.24, 2.45) is 0 Å². The van der Waals surface area contributed by atoms with Crippen molar-refractivity contribution in [1.29, 1.82) is 0 Å². The highest BCUT2D eigenvalue weighted by Gasteiger charge is 2.07. The number of ketones is 1. The van der Waals surface area contributed by atoms with Gasteiger partial charge in [-0.1, -0.05) is 77.6 Å². The van der Waals surface area contributed by atoms with Gasteiger partial charge in [0.2, 0.25) is 0 Å². The minimum Gasteiger partial charge on any atom is -0.497 e. The molecule has 0 N–H and O–H groups in total. The maximum Gasteiger partial charge on any atom is 0.338 e. The van der Waals surface area contributed by atoms with Crippen LogP contribution >= 0.6 is 0 Å². The summed E-state index contributed by atoms with van der Waals surface area (Å²) >= 11 is 0. The molecule has 5 heteroatoms. The summed E-state index contributed by atoms with van der Waals surface area (Å²) in [5.74, 6) is 1.62. The molecule has 0 radical (unpaired) electrons. The zero-order chi connectivity index (χ0) is 27.6. The highest BCUT2D eigenvalue weighted by molar-refractivity contribution is 5.90. The number of unbranched alkanes of at least 4 members (excludes halogenated alkanes) is 2. The van der Waals surface area contributed by atoms with Crippen molar-refractivity contribution in [3.05, 3.63) is 59.2 Å². The van der Waals surface area contributed by atoms with Gasteiger partial charge in [-0.25, -0.2) is 4.79 Å². The second-order valence-electron chi connectivity index (χ2n) is 7.78. The van der Waals surface area contributed by atoms with Gasteiger partial charge in [0.05, 0.1) is 26.4 Å². The average molecular weight is 491 g/mol. The largest absolute Gasteiger partial charge is 0.497 e. The minimum absolute atomic E-state index is 0.167. The molecule has 0 spiro atoms. The van der Waals surface area contributed by atoms with Crippen LogP contribution in [0.15, 0.2) is 42.5 Å². The highest BCUT2D eigenvalue weighted by Crippen LogP contribution is 2.23. The first kappa shape index (κ1) is 36.7. The third kappa shape index (κ3) is 22.7. The summed E-state index contributed by atoms with van der Waals surface area (Å²) < 4.78 is 15.0. The molecule has 5 nitrogen and oxygen atoms in total. The quantitative estimate of drug-likeness (QED) is 0.380. The van der Waals surface area contributed by atoms with E-state index in [9.17, 15) is 9.59 Å². The van der Waals surface area contributed by atoms with Gasteiger partial charge in [0.1, 0.15) is 17.3 Å². The molecule has 0 fully saturated rings. The molecule has 0 heterocycles. The molecule has 0 aromatic heterocycles. The Hall–Kier alpha value is -2.82. The van der Waals surface area contributed by atoms with E-state index < -0.39 is 0 Å². The average Bonchev–Trinajstić information content (AvgIpc) is 2.85. The van der Waals surface area contributed by atoms with E-state index in [1.54, 1.807) is 27.2 Å². The van der Waals surface area contributed by atoms with Crippen molar-refractivity contribution in [2.75, 3.05) is 20.8 Å². The number of benzene rings is 2. The van der Waals surface area contributed by atoms with Crippen LogP contribution in [0.3, 0.4) is 0 Å². The fourth-order valence-corrected chi connectivity index (χ4v) is 1.94. The number of Topliss-reactive ketones (excluding diaryl/α,β-unsaturated/α-hetero) is 1. The Balaban J connectivity index is -0.000000407. The normalized spacial score (nSPS) is 8.66. The number of carbonyl (C=O) groups is 2. The lowest BCUT2D eigenvalue weighted by Crippen LogP contribution is -2.05. The summed E-state index contributed by atoms with van der Waals surface area (Å²) in [5, 5.41) is 0. The van der Waals surface area contributed by atoms with Crippen molar-refractivity contribution in [1.82, 2.24) is 0 Å². The monoisotopic (exact) mass is 490 g/mol. The lowest BCUT2D eigenvalue weighted by atomic mass is 10.1. The van der Waals surface area contributed by atoms with Gasteiger partial charge in [-0.3, -0.25) is 0 Å². The molecule has 0 saturated carbocycles. The molecule has 0 amide bonds. The summed E-state index contributed by atoms with van der Waals surface area (Å²) in [4.78, 5) is 20.7. The second kappa shape index (κ2) is 25.8. The summed E-state index contributed by atoms with van der Waals surface area (Å²) in [7, 11) is 3.30. The van der Waals surface area contributed by atoms with E-state index in [2.05, 4.69) is 27.7 Å². The van der Waals surface area contributed by atoms with E-state index in [0.717, 1.165) is 22.6 Å². The molecule has 0 unspecified atom stereocenters. The summed E-state index contributed by atoms with van der Waals surface area (Å²) in [6.45, 7) is 17.9. The Morgan fingerprint density at radius 3 is 1.57 bits per heavy atom. The van der Waals surface area contributed by atoms with Gasteiger partial charge in [-0.05, 0) is 57.9 Å². The third-order valence-corrected chi connectivity index (χ3v) is 4.26. The number of methoxy groups -OCH3 is 2. The lowest BCUT2D eigenvalue weighted by molar-refractivity contribution is -0.115. The first-order valence-electron chi connectivity index (χ1n) is 12.5. The fraction of sp³-hybridized carbons (Fsp3) is 0.533. The maximum atomic E-state index is 11.2.